The second-order valence-corrected chi connectivity index (χ2v) is 4.93. The minimum Gasteiger partial charge on any atom is -0.163 e. The number of fused-ring (bicyclic) bond motifs is 2. The Hall–Kier alpha value is -0.860. The maximum atomic E-state index is 4.37. The summed E-state index contributed by atoms with van der Waals surface area (Å²) in [5, 5.41) is 7.42. The van der Waals surface area contributed by atoms with Gasteiger partial charge in [-0.15, -0.1) is 0 Å². The maximum Gasteiger partial charge on any atom is 0.221 e. The molecule has 0 bridgehead atoms. The SMILES string of the molecule is C[C@H]1[C@H]2CCc3c(n[nH][n+]3C)CC[C@@H]12. The first-order chi connectivity index (χ1) is 6.77. The van der Waals surface area contributed by atoms with Crippen molar-refractivity contribution in [2.24, 2.45) is 24.8 Å². The molecule has 14 heavy (non-hydrogen) atoms. The number of aromatic nitrogens is 3. The van der Waals surface area contributed by atoms with E-state index in [0.29, 0.717) is 0 Å². The van der Waals surface area contributed by atoms with E-state index in [4.69, 9.17) is 0 Å². The van der Waals surface area contributed by atoms with Gasteiger partial charge in [0.05, 0.1) is 0 Å². The average molecular weight is 192 g/mol. The minimum atomic E-state index is 0.980. The number of nitrogens with zero attached hydrogens (tertiary/aromatic N) is 2. The van der Waals surface area contributed by atoms with Gasteiger partial charge in [0, 0.05) is 17.9 Å². The molecule has 1 saturated carbocycles. The molecule has 0 aliphatic heterocycles. The van der Waals surface area contributed by atoms with Crippen molar-refractivity contribution in [1.82, 2.24) is 10.3 Å². The van der Waals surface area contributed by atoms with Crippen molar-refractivity contribution in [1.29, 1.82) is 0 Å². The van der Waals surface area contributed by atoms with Crippen molar-refractivity contribution in [3.63, 3.8) is 0 Å². The fourth-order valence-corrected chi connectivity index (χ4v) is 3.16. The standard InChI is InChI=1S/C11H17N3/c1-7-8-3-5-10-11(6-4-9(7)8)14(2)13-12-10/h7-9H,3-6H2,1-2H3/p+1/t7-,8+,9-/m1/s1. The lowest BCUT2D eigenvalue weighted by Gasteiger charge is -2.03. The van der Waals surface area contributed by atoms with Crippen LogP contribution in [0.5, 0.6) is 0 Å². The van der Waals surface area contributed by atoms with Gasteiger partial charge < -0.3 is 0 Å². The van der Waals surface area contributed by atoms with Crippen LogP contribution in [-0.4, -0.2) is 10.3 Å². The van der Waals surface area contributed by atoms with Crippen LogP contribution in [0, 0.1) is 17.8 Å². The second kappa shape index (κ2) is 2.81. The number of rotatable bonds is 0. The first-order valence-electron chi connectivity index (χ1n) is 5.69. The molecule has 0 saturated heterocycles. The number of nitrogens with one attached hydrogen (secondary N) is 1. The Balaban J connectivity index is 1.87. The Morgan fingerprint density at radius 2 is 2.00 bits per heavy atom. The second-order valence-electron chi connectivity index (χ2n) is 4.93. The normalized spacial score (nSPS) is 35.4. The summed E-state index contributed by atoms with van der Waals surface area (Å²) in [4.78, 5) is 0. The lowest BCUT2D eigenvalue weighted by molar-refractivity contribution is -0.737. The molecule has 3 heteroatoms. The molecular weight excluding hydrogens is 174 g/mol. The third-order valence-electron chi connectivity index (χ3n) is 4.26. The predicted molar refractivity (Wildman–Crippen MR) is 52.5 cm³/mol. The van der Waals surface area contributed by atoms with Gasteiger partial charge in [-0.2, -0.15) is 4.68 Å². The van der Waals surface area contributed by atoms with E-state index < -0.39 is 0 Å². The van der Waals surface area contributed by atoms with E-state index in [1.807, 2.05) is 0 Å². The summed E-state index contributed by atoms with van der Waals surface area (Å²) in [6.07, 6.45) is 5.11. The van der Waals surface area contributed by atoms with Crippen LogP contribution >= 0.6 is 0 Å². The lowest BCUT2D eigenvalue weighted by Crippen LogP contribution is -2.35. The minimum absolute atomic E-state index is 0.980. The highest BCUT2D eigenvalue weighted by molar-refractivity contribution is 5.10. The third kappa shape index (κ3) is 1.11. The van der Waals surface area contributed by atoms with E-state index in [1.54, 1.807) is 0 Å². The van der Waals surface area contributed by atoms with Gasteiger partial charge in [-0.05, 0) is 30.6 Å². The summed E-state index contributed by atoms with van der Waals surface area (Å²) in [6, 6.07) is 0. The van der Waals surface area contributed by atoms with E-state index in [9.17, 15) is 0 Å². The van der Waals surface area contributed by atoms with Gasteiger partial charge in [0.15, 0.2) is 5.69 Å². The number of aryl methyl sites for hydroxylation is 2. The van der Waals surface area contributed by atoms with Crippen molar-refractivity contribution in [3.8, 4) is 0 Å². The topological polar surface area (TPSA) is 32.6 Å². The molecular formula is C11H18N3+. The van der Waals surface area contributed by atoms with Crippen molar-refractivity contribution in [2.75, 3.05) is 0 Å². The molecule has 3 rings (SSSR count). The van der Waals surface area contributed by atoms with Gasteiger partial charge in [-0.3, -0.25) is 0 Å². The average Bonchev–Trinajstić information content (AvgIpc) is 2.58. The molecule has 0 unspecified atom stereocenters. The Kier molecular flexibility index (Phi) is 1.70. The molecule has 1 heterocycles. The Morgan fingerprint density at radius 1 is 1.29 bits per heavy atom. The third-order valence-corrected chi connectivity index (χ3v) is 4.26. The predicted octanol–water partition coefficient (Wildman–Crippen LogP) is 0.995. The van der Waals surface area contributed by atoms with Crippen molar-refractivity contribution < 1.29 is 4.68 Å². The van der Waals surface area contributed by atoms with Crippen LogP contribution in [0.4, 0.5) is 0 Å². The van der Waals surface area contributed by atoms with Crippen molar-refractivity contribution >= 4 is 0 Å². The van der Waals surface area contributed by atoms with Gasteiger partial charge in [-0.25, -0.2) is 0 Å². The fourth-order valence-electron chi connectivity index (χ4n) is 3.16. The largest absolute Gasteiger partial charge is 0.221 e. The Labute approximate surface area is 84.5 Å². The first kappa shape index (κ1) is 8.45. The van der Waals surface area contributed by atoms with Gasteiger partial charge >= 0.3 is 0 Å². The molecule has 2 aliphatic carbocycles. The molecule has 0 aromatic carbocycles. The summed E-state index contributed by atoms with van der Waals surface area (Å²) < 4.78 is 2.09. The quantitative estimate of drug-likeness (QED) is 0.611. The molecule has 0 amide bonds. The van der Waals surface area contributed by atoms with Crippen LogP contribution < -0.4 is 4.68 Å². The highest BCUT2D eigenvalue weighted by atomic mass is 15.4. The van der Waals surface area contributed by atoms with Crippen molar-refractivity contribution in [2.45, 2.75) is 32.6 Å². The molecule has 0 spiro atoms. The summed E-state index contributed by atoms with van der Waals surface area (Å²) in [5.41, 5.74) is 2.74. The number of hydrogen-bond donors (Lipinski definition) is 1. The molecule has 1 aromatic rings. The zero-order chi connectivity index (χ0) is 9.71. The summed E-state index contributed by atoms with van der Waals surface area (Å²) in [6.45, 7) is 2.41. The van der Waals surface area contributed by atoms with Crippen LogP contribution in [0.1, 0.15) is 31.2 Å². The van der Waals surface area contributed by atoms with Crippen molar-refractivity contribution in [3.05, 3.63) is 11.4 Å². The molecule has 76 valence electrons. The van der Waals surface area contributed by atoms with Crippen LogP contribution in [0.15, 0.2) is 0 Å². The van der Waals surface area contributed by atoms with Gasteiger partial charge in [0.25, 0.3) is 0 Å². The van der Waals surface area contributed by atoms with Crippen LogP contribution in [0.2, 0.25) is 0 Å². The van der Waals surface area contributed by atoms with E-state index in [-0.39, 0.29) is 0 Å². The number of aromatic amines is 1. The molecule has 2 aliphatic rings. The summed E-state index contributed by atoms with van der Waals surface area (Å²) in [7, 11) is 2.07. The molecule has 0 radical (unpaired) electrons. The first-order valence-corrected chi connectivity index (χ1v) is 5.69. The summed E-state index contributed by atoms with van der Waals surface area (Å²) in [5.74, 6) is 3.00. The lowest BCUT2D eigenvalue weighted by atomic mass is 10.0. The highest BCUT2D eigenvalue weighted by Gasteiger charge is 2.47. The molecule has 1 N–H and O–H groups in total. The van der Waals surface area contributed by atoms with Crippen LogP contribution in [0.25, 0.3) is 0 Å². The maximum absolute atomic E-state index is 4.37. The number of hydrogen-bond acceptors (Lipinski definition) is 1. The molecule has 3 nitrogen and oxygen atoms in total. The van der Waals surface area contributed by atoms with Crippen LogP contribution in [-0.2, 0) is 19.9 Å². The smallest absolute Gasteiger partial charge is 0.163 e. The van der Waals surface area contributed by atoms with Gasteiger partial charge in [0.2, 0.25) is 5.69 Å². The van der Waals surface area contributed by atoms with E-state index in [2.05, 4.69) is 29.0 Å². The van der Waals surface area contributed by atoms with E-state index in [1.165, 1.54) is 37.1 Å². The summed E-state index contributed by atoms with van der Waals surface area (Å²) >= 11 is 0. The van der Waals surface area contributed by atoms with Crippen LogP contribution in [0.3, 0.4) is 0 Å². The van der Waals surface area contributed by atoms with E-state index >= 15 is 0 Å². The zero-order valence-corrected chi connectivity index (χ0v) is 8.95. The molecule has 1 aromatic heterocycles. The fraction of sp³-hybridized carbons (Fsp3) is 0.818. The molecule has 3 atom stereocenters. The van der Waals surface area contributed by atoms with Gasteiger partial charge in [0.1, 0.15) is 7.05 Å². The van der Waals surface area contributed by atoms with E-state index in [0.717, 1.165) is 17.8 Å². The number of H-pyrrole nitrogens is 1. The molecule has 1 fully saturated rings. The Morgan fingerprint density at radius 3 is 2.79 bits per heavy atom. The zero-order valence-electron chi connectivity index (χ0n) is 8.95. The highest BCUT2D eigenvalue weighted by Crippen LogP contribution is 2.52. The van der Waals surface area contributed by atoms with Gasteiger partial charge in [-0.1, -0.05) is 12.1 Å². The monoisotopic (exact) mass is 192 g/mol. The Bertz CT molecular complexity index is 355.